The van der Waals surface area contributed by atoms with Gasteiger partial charge >= 0.3 is 0 Å². The number of aromatic nitrogens is 2. The molecule has 0 aliphatic heterocycles. The molecule has 72 valence electrons. The first kappa shape index (κ1) is 9.85. The first-order valence-corrected chi connectivity index (χ1v) is 5.95. The SMILES string of the molecule is O=c1c(I)cncn1Cc1cccs1. The lowest BCUT2D eigenvalue weighted by molar-refractivity contribution is 0.739. The summed E-state index contributed by atoms with van der Waals surface area (Å²) >= 11 is 3.64. The summed E-state index contributed by atoms with van der Waals surface area (Å²) in [5, 5.41) is 2.00. The zero-order valence-corrected chi connectivity index (χ0v) is 10.2. The Labute approximate surface area is 98.6 Å². The van der Waals surface area contributed by atoms with Crippen molar-refractivity contribution in [1.29, 1.82) is 0 Å². The average molecular weight is 318 g/mol. The van der Waals surface area contributed by atoms with Gasteiger partial charge < -0.3 is 0 Å². The molecule has 0 radical (unpaired) electrons. The zero-order chi connectivity index (χ0) is 9.97. The molecule has 2 aromatic rings. The molecule has 0 spiro atoms. The zero-order valence-electron chi connectivity index (χ0n) is 7.18. The van der Waals surface area contributed by atoms with Gasteiger partial charge in [0, 0.05) is 11.1 Å². The molecule has 0 aromatic carbocycles. The van der Waals surface area contributed by atoms with Crippen LogP contribution in [0.25, 0.3) is 0 Å². The van der Waals surface area contributed by atoms with Crippen LogP contribution in [0.1, 0.15) is 4.88 Å². The van der Waals surface area contributed by atoms with Crippen molar-refractivity contribution in [1.82, 2.24) is 9.55 Å². The van der Waals surface area contributed by atoms with E-state index >= 15 is 0 Å². The van der Waals surface area contributed by atoms with E-state index in [2.05, 4.69) is 4.98 Å². The van der Waals surface area contributed by atoms with E-state index < -0.39 is 0 Å². The molecule has 0 bridgehead atoms. The number of hydrogen-bond donors (Lipinski definition) is 0. The third kappa shape index (κ3) is 2.03. The van der Waals surface area contributed by atoms with Crippen molar-refractivity contribution in [3.63, 3.8) is 0 Å². The maximum atomic E-state index is 11.6. The molecular weight excluding hydrogens is 311 g/mol. The Bertz CT molecular complexity index is 478. The van der Waals surface area contributed by atoms with E-state index in [9.17, 15) is 4.79 Å². The Morgan fingerprint density at radius 3 is 3.14 bits per heavy atom. The van der Waals surface area contributed by atoms with Crippen LogP contribution >= 0.6 is 33.9 Å². The van der Waals surface area contributed by atoms with Crippen molar-refractivity contribution in [2.75, 3.05) is 0 Å². The molecule has 0 N–H and O–H groups in total. The largest absolute Gasteiger partial charge is 0.293 e. The van der Waals surface area contributed by atoms with Crippen LogP contribution in [-0.4, -0.2) is 9.55 Å². The highest BCUT2D eigenvalue weighted by molar-refractivity contribution is 14.1. The summed E-state index contributed by atoms with van der Waals surface area (Å²) in [5.74, 6) is 0. The highest BCUT2D eigenvalue weighted by atomic mass is 127. The summed E-state index contributed by atoms with van der Waals surface area (Å²) in [5.41, 5.74) is 0.0222. The molecule has 3 nitrogen and oxygen atoms in total. The number of rotatable bonds is 2. The Kier molecular flexibility index (Phi) is 2.97. The second-order valence-corrected chi connectivity index (χ2v) is 4.95. The second kappa shape index (κ2) is 4.22. The van der Waals surface area contributed by atoms with Crippen LogP contribution in [0.5, 0.6) is 0 Å². The predicted octanol–water partition coefficient (Wildman–Crippen LogP) is 1.96. The molecule has 2 rings (SSSR count). The van der Waals surface area contributed by atoms with Gasteiger partial charge in [0.05, 0.1) is 16.4 Å². The summed E-state index contributed by atoms with van der Waals surface area (Å²) < 4.78 is 2.27. The molecule has 2 heterocycles. The van der Waals surface area contributed by atoms with Gasteiger partial charge in [-0.05, 0) is 34.0 Å². The summed E-state index contributed by atoms with van der Waals surface area (Å²) in [7, 11) is 0. The lowest BCUT2D eigenvalue weighted by Gasteiger charge is -2.02. The smallest absolute Gasteiger partial charge is 0.267 e. The van der Waals surface area contributed by atoms with Crippen molar-refractivity contribution < 1.29 is 0 Å². The second-order valence-electron chi connectivity index (χ2n) is 2.75. The predicted molar refractivity (Wildman–Crippen MR) is 64.6 cm³/mol. The fourth-order valence-electron chi connectivity index (χ4n) is 1.11. The van der Waals surface area contributed by atoms with Gasteiger partial charge in [0.15, 0.2) is 0 Å². The summed E-state index contributed by atoms with van der Waals surface area (Å²) in [6.07, 6.45) is 3.15. The molecular formula is C9H7IN2OS. The number of halogens is 1. The molecule has 0 fully saturated rings. The Morgan fingerprint density at radius 2 is 2.43 bits per heavy atom. The van der Waals surface area contributed by atoms with E-state index in [0.29, 0.717) is 10.1 Å². The molecule has 0 unspecified atom stereocenters. The van der Waals surface area contributed by atoms with Crippen molar-refractivity contribution in [3.05, 3.63) is 48.8 Å². The van der Waals surface area contributed by atoms with Crippen LogP contribution < -0.4 is 5.56 Å². The van der Waals surface area contributed by atoms with Crippen molar-refractivity contribution in [3.8, 4) is 0 Å². The number of hydrogen-bond acceptors (Lipinski definition) is 3. The van der Waals surface area contributed by atoms with Gasteiger partial charge in [0.2, 0.25) is 0 Å². The van der Waals surface area contributed by atoms with E-state index in [1.807, 2.05) is 40.1 Å². The summed E-state index contributed by atoms with van der Waals surface area (Å²) in [4.78, 5) is 16.8. The molecule has 0 amide bonds. The van der Waals surface area contributed by atoms with Crippen molar-refractivity contribution in [2.24, 2.45) is 0 Å². The van der Waals surface area contributed by atoms with Crippen LogP contribution in [0, 0.1) is 3.57 Å². The molecule has 5 heteroatoms. The van der Waals surface area contributed by atoms with Gasteiger partial charge in [-0.1, -0.05) is 6.07 Å². The normalized spacial score (nSPS) is 10.4. The topological polar surface area (TPSA) is 34.9 Å². The maximum Gasteiger partial charge on any atom is 0.267 e. The van der Waals surface area contributed by atoms with Gasteiger partial charge in [-0.25, -0.2) is 4.98 Å². The molecule has 2 aromatic heterocycles. The summed E-state index contributed by atoms with van der Waals surface area (Å²) in [6.45, 7) is 0.611. The minimum atomic E-state index is 0.0222. The molecule has 0 saturated carbocycles. The van der Waals surface area contributed by atoms with E-state index in [4.69, 9.17) is 0 Å². The minimum absolute atomic E-state index is 0.0222. The monoisotopic (exact) mass is 318 g/mol. The molecule has 0 aliphatic carbocycles. The fraction of sp³-hybridized carbons (Fsp3) is 0.111. The van der Waals surface area contributed by atoms with Gasteiger partial charge in [-0.15, -0.1) is 11.3 Å². The van der Waals surface area contributed by atoms with Crippen LogP contribution in [0.15, 0.2) is 34.8 Å². The molecule has 14 heavy (non-hydrogen) atoms. The highest BCUT2D eigenvalue weighted by Crippen LogP contribution is 2.09. The van der Waals surface area contributed by atoms with Gasteiger partial charge in [0.1, 0.15) is 0 Å². The number of thiophene rings is 1. The van der Waals surface area contributed by atoms with E-state index in [0.717, 1.165) is 4.88 Å². The quantitative estimate of drug-likeness (QED) is 0.794. The third-order valence-electron chi connectivity index (χ3n) is 1.77. The fourth-order valence-corrected chi connectivity index (χ4v) is 2.28. The lowest BCUT2D eigenvalue weighted by Crippen LogP contribution is -2.22. The third-order valence-corrected chi connectivity index (χ3v) is 3.37. The van der Waals surface area contributed by atoms with Crippen LogP contribution in [0.2, 0.25) is 0 Å². The van der Waals surface area contributed by atoms with Gasteiger partial charge in [0.25, 0.3) is 5.56 Å². The number of nitrogens with zero attached hydrogens (tertiary/aromatic N) is 2. The average Bonchev–Trinajstić information content (AvgIpc) is 2.66. The van der Waals surface area contributed by atoms with Crippen molar-refractivity contribution in [2.45, 2.75) is 6.54 Å². The first-order chi connectivity index (χ1) is 6.77. The van der Waals surface area contributed by atoms with E-state index in [-0.39, 0.29) is 5.56 Å². The van der Waals surface area contributed by atoms with Crippen LogP contribution in [-0.2, 0) is 6.54 Å². The molecule has 0 atom stereocenters. The lowest BCUT2D eigenvalue weighted by atomic mass is 10.4. The maximum absolute atomic E-state index is 11.6. The van der Waals surface area contributed by atoms with E-state index in [1.54, 1.807) is 28.4 Å². The van der Waals surface area contributed by atoms with Gasteiger partial charge in [-0.2, -0.15) is 0 Å². The van der Waals surface area contributed by atoms with E-state index in [1.165, 1.54) is 0 Å². The molecule has 0 aliphatic rings. The summed E-state index contributed by atoms with van der Waals surface area (Å²) in [6, 6.07) is 3.99. The van der Waals surface area contributed by atoms with Crippen LogP contribution in [0.4, 0.5) is 0 Å². The first-order valence-electron chi connectivity index (χ1n) is 3.99. The Morgan fingerprint density at radius 1 is 1.57 bits per heavy atom. The Hall–Kier alpha value is -0.690. The molecule has 0 saturated heterocycles. The Balaban J connectivity index is 2.34. The van der Waals surface area contributed by atoms with Crippen molar-refractivity contribution >= 4 is 33.9 Å². The standard InChI is InChI=1S/C9H7IN2OS/c10-8-4-11-6-12(9(8)13)5-7-2-1-3-14-7/h1-4,6H,5H2. The highest BCUT2D eigenvalue weighted by Gasteiger charge is 2.01. The minimum Gasteiger partial charge on any atom is -0.293 e. The van der Waals surface area contributed by atoms with Gasteiger partial charge in [-0.3, -0.25) is 9.36 Å². The van der Waals surface area contributed by atoms with Crippen LogP contribution in [0.3, 0.4) is 0 Å².